The largest absolute Gasteiger partial charge is 0.373 e. The van der Waals surface area contributed by atoms with Crippen LogP contribution in [0.25, 0.3) is 0 Å². The molecular formula is C17H22O. The summed E-state index contributed by atoms with van der Waals surface area (Å²) in [6.07, 6.45) is 3.34. The fourth-order valence-corrected chi connectivity index (χ4v) is 2.40. The zero-order chi connectivity index (χ0) is 13.0. The number of rotatable bonds is 4. The van der Waals surface area contributed by atoms with E-state index >= 15 is 0 Å². The number of allylic oxidation sites excluding steroid dienone is 1. The Balaban J connectivity index is 1.92. The van der Waals surface area contributed by atoms with Crippen molar-refractivity contribution in [1.29, 1.82) is 0 Å². The van der Waals surface area contributed by atoms with E-state index in [-0.39, 0.29) is 6.10 Å². The highest BCUT2D eigenvalue weighted by Crippen LogP contribution is 2.35. The molecule has 0 N–H and O–H groups in total. The summed E-state index contributed by atoms with van der Waals surface area (Å²) in [4.78, 5) is 0. The third-order valence-electron chi connectivity index (χ3n) is 3.61. The molecule has 1 aromatic carbocycles. The maximum atomic E-state index is 5.99. The molecule has 1 aromatic rings. The van der Waals surface area contributed by atoms with Gasteiger partial charge in [-0.05, 0) is 31.7 Å². The Labute approximate surface area is 110 Å². The highest BCUT2D eigenvalue weighted by Gasteiger charge is 2.25. The van der Waals surface area contributed by atoms with Crippen LogP contribution in [-0.2, 0) is 4.74 Å². The van der Waals surface area contributed by atoms with Crippen LogP contribution < -0.4 is 0 Å². The normalized spacial score (nSPS) is 23.9. The minimum absolute atomic E-state index is 0.194. The predicted octanol–water partition coefficient (Wildman–Crippen LogP) is 4.68. The van der Waals surface area contributed by atoms with Crippen molar-refractivity contribution in [3.63, 3.8) is 0 Å². The Morgan fingerprint density at radius 2 is 2.06 bits per heavy atom. The lowest BCUT2D eigenvalue weighted by Gasteiger charge is -2.31. The van der Waals surface area contributed by atoms with Crippen LogP contribution in [0.1, 0.15) is 37.9 Å². The standard InChI is InChI=1S/C17H22O/c1-13(2)9-10-16-12-18-17(11-14(16)3)15-7-5-4-6-8-15/h4-8,16-17H,1,3,9-12H2,2H3/t16-,17+/m0/s1. The molecule has 2 rings (SSSR count). The topological polar surface area (TPSA) is 9.23 Å². The van der Waals surface area contributed by atoms with E-state index in [4.69, 9.17) is 4.74 Å². The Morgan fingerprint density at radius 3 is 2.67 bits per heavy atom. The van der Waals surface area contributed by atoms with E-state index in [1.165, 1.54) is 16.7 Å². The third-order valence-corrected chi connectivity index (χ3v) is 3.61. The molecule has 1 heterocycles. The minimum atomic E-state index is 0.194. The lowest BCUT2D eigenvalue weighted by atomic mass is 9.87. The molecule has 1 heteroatoms. The second-order valence-corrected chi connectivity index (χ2v) is 5.29. The van der Waals surface area contributed by atoms with Gasteiger partial charge in [0.25, 0.3) is 0 Å². The zero-order valence-corrected chi connectivity index (χ0v) is 11.2. The molecule has 0 unspecified atom stereocenters. The van der Waals surface area contributed by atoms with E-state index in [0.29, 0.717) is 5.92 Å². The summed E-state index contributed by atoms with van der Waals surface area (Å²) >= 11 is 0. The Bertz CT molecular complexity index is 418. The van der Waals surface area contributed by atoms with E-state index < -0.39 is 0 Å². The predicted molar refractivity (Wildman–Crippen MR) is 76.4 cm³/mol. The molecule has 1 nitrogen and oxygen atoms in total. The summed E-state index contributed by atoms with van der Waals surface area (Å²) < 4.78 is 5.99. The first-order valence-electron chi connectivity index (χ1n) is 6.65. The molecule has 0 amide bonds. The van der Waals surface area contributed by atoms with E-state index in [1.807, 2.05) is 6.07 Å². The van der Waals surface area contributed by atoms with Gasteiger partial charge in [0.05, 0.1) is 12.7 Å². The van der Waals surface area contributed by atoms with Gasteiger partial charge in [-0.15, -0.1) is 6.58 Å². The first-order chi connectivity index (χ1) is 8.66. The van der Waals surface area contributed by atoms with Crippen LogP contribution in [0, 0.1) is 5.92 Å². The molecule has 0 aromatic heterocycles. The van der Waals surface area contributed by atoms with E-state index in [2.05, 4.69) is 44.3 Å². The number of ether oxygens (including phenoxy) is 1. The third kappa shape index (κ3) is 3.33. The van der Waals surface area contributed by atoms with Crippen molar-refractivity contribution in [2.75, 3.05) is 6.61 Å². The summed E-state index contributed by atoms with van der Waals surface area (Å²) in [7, 11) is 0. The molecule has 0 radical (unpaired) electrons. The van der Waals surface area contributed by atoms with Gasteiger partial charge in [-0.25, -0.2) is 0 Å². The molecule has 0 spiro atoms. The summed E-state index contributed by atoms with van der Waals surface area (Å²) in [5.41, 5.74) is 3.83. The maximum Gasteiger partial charge on any atom is 0.0862 e. The highest BCUT2D eigenvalue weighted by molar-refractivity contribution is 5.21. The van der Waals surface area contributed by atoms with Crippen molar-refractivity contribution in [2.24, 2.45) is 5.92 Å². The molecule has 96 valence electrons. The van der Waals surface area contributed by atoms with E-state index in [1.54, 1.807) is 0 Å². The average molecular weight is 242 g/mol. The fourth-order valence-electron chi connectivity index (χ4n) is 2.40. The maximum absolute atomic E-state index is 5.99. The van der Waals surface area contributed by atoms with Gasteiger partial charge in [-0.2, -0.15) is 0 Å². The lowest BCUT2D eigenvalue weighted by Crippen LogP contribution is -2.22. The number of hydrogen-bond donors (Lipinski definition) is 0. The van der Waals surface area contributed by atoms with Crippen molar-refractivity contribution in [3.05, 3.63) is 60.2 Å². The van der Waals surface area contributed by atoms with Gasteiger partial charge in [0.15, 0.2) is 0 Å². The highest BCUT2D eigenvalue weighted by atomic mass is 16.5. The van der Waals surface area contributed by atoms with Crippen molar-refractivity contribution in [2.45, 2.75) is 32.3 Å². The van der Waals surface area contributed by atoms with Gasteiger partial charge >= 0.3 is 0 Å². The van der Waals surface area contributed by atoms with Crippen molar-refractivity contribution in [1.82, 2.24) is 0 Å². The number of hydrogen-bond acceptors (Lipinski definition) is 1. The van der Waals surface area contributed by atoms with Crippen LogP contribution in [0.15, 0.2) is 54.6 Å². The molecular weight excluding hydrogens is 220 g/mol. The molecule has 1 saturated heterocycles. The van der Waals surface area contributed by atoms with Gasteiger partial charge < -0.3 is 4.74 Å². The summed E-state index contributed by atoms with van der Waals surface area (Å²) in [6.45, 7) is 11.1. The summed E-state index contributed by atoms with van der Waals surface area (Å²) in [6, 6.07) is 10.4. The van der Waals surface area contributed by atoms with Crippen LogP contribution in [0.5, 0.6) is 0 Å². The Morgan fingerprint density at radius 1 is 1.33 bits per heavy atom. The quantitative estimate of drug-likeness (QED) is 0.697. The average Bonchev–Trinajstić information content (AvgIpc) is 2.38. The first kappa shape index (κ1) is 13.1. The lowest BCUT2D eigenvalue weighted by molar-refractivity contribution is 0.00725. The van der Waals surface area contributed by atoms with E-state index in [0.717, 1.165) is 25.9 Å². The minimum Gasteiger partial charge on any atom is -0.373 e. The molecule has 1 aliphatic heterocycles. The van der Waals surface area contributed by atoms with Gasteiger partial charge in [-0.1, -0.05) is 48.1 Å². The molecule has 0 saturated carbocycles. The molecule has 18 heavy (non-hydrogen) atoms. The molecule has 1 aliphatic rings. The van der Waals surface area contributed by atoms with Crippen LogP contribution in [0.4, 0.5) is 0 Å². The van der Waals surface area contributed by atoms with Gasteiger partial charge in [0, 0.05) is 5.92 Å². The Kier molecular flexibility index (Phi) is 4.38. The van der Waals surface area contributed by atoms with Crippen molar-refractivity contribution >= 4 is 0 Å². The van der Waals surface area contributed by atoms with Crippen molar-refractivity contribution in [3.8, 4) is 0 Å². The molecule has 0 aliphatic carbocycles. The number of benzene rings is 1. The summed E-state index contributed by atoms with van der Waals surface area (Å²) in [5.74, 6) is 0.502. The smallest absolute Gasteiger partial charge is 0.0862 e. The second-order valence-electron chi connectivity index (χ2n) is 5.29. The molecule has 2 atom stereocenters. The monoisotopic (exact) mass is 242 g/mol. The fraction of sp³-hybridized carbons (Fsp3) is 0.412. The molecule has 0 bridgehead atoms. The van der Waals surface area contributed by atoms with Crippen LogP contribution >= 0.6 is 0 Å². The van der Waals surface area contributed by atoms with Crippen LogP contribution in [0.3, 0.4) is 0 Å². The van der Waals surface area contributed by atoms with Gasteiger partial charge in [0.2, 0.25) is 0 Å². The SMILES string of the molecule is C=C(C)CC[C@H]1CO[C@@H](c2ccccc2)CC1=C. The van der Waals surface area contributed by atoms with Crippen molar-refractivity contribution < 1.29 is 4.74 Å². The zero-order valence-electron chi connectivity index (χ0n) is 11.2. The second kappa shape index (κ2) is 6.01. The Hall–Kier alpha value is -1.34. The van der Waals surface area contributed by atoms with Crippen LogP contribution in [-0.4, -0.2) is 6.61 Å². The molecule has 1 fully saturated rings. The van der Waals surface area contributed by atoms with Crippen LogP contribution in [0.2, 0.25) is 0 Å². The van der Waals surface area contributed by atoms with Gasteiger partial charge in [0.1, 0.15) is 0 Å². The first-order valence-corrected chi connectivity index (χ1v) is 6.65. The van der Waals surface area contributed by atoms with E-state index in [9.17, 15) is 0 Å². The summed E-state index contributed by atoms with van der Waals surface area (Å²) in [5, 5.41) is 0. The van der Waals surface area contributed by atoms with Gasteiger partial charge in [-0.3, -0.25) is 0 Å².